The van der Waals surface area contributed by atoms with Crippen molar-refractivity contribution in [2.45, 2.75) is 32.4 Å². The highest BCUT2D eigenvalue weighted by Gasteiger charge is 2.35. The smallest absolute Gasteiger partial charge is 0.304 e. The number of anilines is 1. The zero-order valence-corrected chi connectivity index (χ0v) is 25.4. The van der Waals surface area contributed by atoms with E-state index in [0.29, 0.717) is 28.6 Å². The van der Waals surface area contributed by atoms with Crippen LogP contribution in [0.3, 0.4) is 0 Å². The van der Waals surface area contributed by atoms with Crippen molar-refractivity contribution in [3.05, 3.63) is 99.8 Å². The molecule has 2 amide bonds. The minimum atomic E-state index is -4.19. The van der Waals surface area contributed by atoms with E-state index >= 15 is 0 Å². The Kier molecular flexibility index (Phi) is 11.5. The Balaban J connectivity index is 2.10. The second-order valence-corrected chi connectivity index (χ2v) is 12.4. The maximum Gasteiger partial charge on any atom is 0.304 e. The van der Waals surface area contributed by atoms with Crippen molar-refractivity contribution in [1.29, 1.82) is 0 Å². The van der Waals surface area contributed by atoms with Crippen molar-refractivity contribution in [1.82, 2.24) is 14.5 Å². The van der Waals surface area contributed by atoms with E-state index in [4.69, 9.17) is 23.2 Å². The number of hydrogen-bond acceptors (Lipinski definition) is 4. The van der Waals surface area contributed by atoms with E-state index in [-0.39, 0.29) is 18.7 Å². The first-order valence-corrected chi connectivity index (χ1v) is 15.1. The fourth-order valence-corrected chi connectivity index (χ4v) is 5.60. The van der Waals surface area contributed by atoms with Gasteiger partial charge in [0.15, 0.2) is 0 Å². The Morgan fingerprint density at radius 1 is 0.976 bits per heavy atom. The molecule has 0 bridgehead atoms. The lowest BCUT2D eigenvalue weighted by atomic mass is 10.0. The summed E-state index contributed by atoms with van der Waals surface area (Å²) in [6, 6.07) is 17.8. The second-order valence-electron chi connectivity index (χ2n) is 9.53. The Bertz CT molecular complexity index is 1440. The fourth-order valence-electron chi connectivity index (χ4n) is 4.08. The number of nitrogens with one attached hydrogen (secondary N) is 1. The number of hydrogen-bond donors (Lipinski definition) is 1. The SMILES string of the molecule is CCCNC(=O)[C@@H](Cc1ccccc1)N(Cc1ccc(Cl)cc1Cl)C(=O)CN(c1ccc(F)cc1)S(=O)(=O)N(C)C. The summed E-state index contributed by atoms with van der Waals surface area (Å²) < 4.78 is 42.2. The first kappa shape index (κ1) is 32.3. The van der Waals surface area contributed by atoms with Crippen LogP contribution in [0.2, 0.25) is 10.0 Å². The van der Waals surface area contributed by atoms with E-state index in [2.05, 4.69) is 5.32 Å². The Morgan fingerprint density at radius 2 is 1.63 bits per heavy atom. The molecule has 0 aliphatic rings. The Labute approximate surface area is 250 Å². The molecule has 41 heavy (non-hydrogen) atoms. The van der Waals surface area contributed by atoms with Gasteiger partial charge in [0.25, 0.3) is 0 Å². The van der Waals surface area contributed by atoms with Crippen LogP contribution in [0, 0.1) is 5.82 Å². The van der Waals surface area contributed by atoms with Crippen LogP contribution in [0.1, 0.15) is 24.5 Å². The average Bonchev–Trinajstić information content (AvgIpc) is 2.94. The number of benzene rings is 3. The van der Waals surface area contributed by atoms with Crippen LogP contribution in [0.25, 0.3) is 0 Å². The van der Waals surface area contributed by atoms with Crippen LogP contribution >= 0.6 is 23.2 Å². The summed E-state index contributed by atoms with van der Waals surface area (Å²) in [7, 11) is -1.52. The molecule has 0 aliphatic carbocycles. The van der Waals surface area contributed by atoms with Crippen molar-refractivity contribution in [2.75, 3.05) is 31.5 Å². The standard InChI is InChI=1S/C29H33Cl2FN4O4S/c1-4-16-33-29(38)27(17-21-8-6-5-7-9-21)35(19-22-10-11-23(30)18-26(22)31)28(37)20-36(41(39,40)34(2)3)25-14-12-24(32)13-15-25/h5-15,18,27H,4,16-17,19-20H2,1-3H3,(H,33,38)/t27-/m1/s1. The second kappa shape index (κ2) is 14.6. The third-order valence-electron chi connectivity index (χ3n) is 6.31. The van der Waals surface area contributed by atoms with Crippen molar-refractivity contribution in [2.24, 2.45) is 0 Å². The lowest BCUT2D eigenvalue weighted by Gasteiger charge is -2.34. The van der Waals surface area contributed by atoms with Crippen LogP contribution in [0.4, 0.5) is 10.1 Å². The van der Waals surface area contributed by atoms with Gasteiger partial charge in [-0.05, 0) is 53.9 Å². The maximum atomic E-state index is 14.1. The van der Waals surface area contributed by atoms with E-state index in [1.54, 1.807) is 12.1 Å². The van der Waals surface area contributed by atoms with Gasteiger partial charge >= 0.3 is 10.2 Å². The monoisotopic (exact) mass is 622 g/mol. The van der Waals surface area contributed by atoms with E-state index in [1.807, 2.05) is 37.3 Å². The van der Waals surface area contributed by atoms with Crippen molar-refractivity contribution >= 4 is 50.9 Å². The third-order valence-corrected chi connectivity index (χ3v) is 8.72. The molecule has 0 unspecified atom stereocenters. The number of carbonyl (C=O) groups is 2. The van der Waals surface area contributed by atoms with Gasteiger partial charge in [0.2, 0.25) is 11.8 Å². The number of halogens is 3. The van der Waals surface area contributed by atoms with Gasteiger partial charge in [-0.15, -0.1) is 0 Å². The molecule has 3 aromatic rings. The molecule has 0 radical (unpaired) electrons. The largest absolute Gasteiger partial charge is 0.354 e. The van der Waals surface area contributed by atoms with Crippen molar-refractivity contribution < 1.29 is 22.4 Å². The van der Waals surface area contributed by atoms with Gasteiger partial charge in [0.05, 0.1) is 5.69 Å². The topological polar surface area (TPSA) is 90.0 Å². The van der Waals surface area contributed by atoms with E-state index in [1.165, 1.54) is 37.2 Å². The van der Waals surface area contributed by atoms with Crippen LogP contribution in [-0.2, 0) is 32.8 Å². The minimum Gasteiger partial charge on any atom is -0.354 e. The molecular weight excluding hydrogens is 590 g/mol. The molecule has 1 N–H and O–H groups in total. The summed E-state index contributed by atoms with van der Waals surface area (Å²) in [5.74, 6) is -1.60. The fraction of sp³-hybridized carbons (Fsp3) is 0.310. The molecule has 0 fully saturated rings. The normalized spacial score (nSPS) is 12.2. The average molecular weight is 624 g/mol. The zero-order chi connectivity index (χ0) is 30.2. The quantitative estimate of drug-likeness (QED) is 0.293. The number of carbonyl (C=O) groups excluding carboxylic acids is 2. The molecule has 220 valence electrons. The van der Waals surface area contributed by atoms with Crippen LogP contribution < -0.4 is 9.62 Å². The van der Waals surface area contributed by atoms with Gasteiger partial charge in [-0.2, -0.15) is 12.7 Å². The van der Waals surface area contributed by atoms with Crippen LogP contribution in [-0.4, -0.2) is 62.7 Å². The molecule has 12 heteroatoms. The summed E-state index contributed by atoms with van der Waals surface area (Å²) in [5, 5.41) is 3.56. The van der Waals surface area contributed by atoms with Gasteiger partial charge in [-0.25, -0.2) is 8.70 Å². The van der Waals surface area contributed by atoms with Gasteiger partial charge in [0, 0.05) is 43.7 Å². The number of amides is 2. The molecule has 8 nitrogen and oxygen atoms in total. The highest BCUT2D eigenvalue weighted by Crippen LogP contribution is 2.26. The summed E-state index contributed by atoms with van der Waals surface area (Å²) in [6.45, 7) is 1.56. The first-order chi connectivity index (χ1) is 19.4. The van der Waals surface area contributed by atoms with Crippen molar-refractivity contribution in [3.8, 4) is 0 Å². The maximum absolute atomic E-state index is 14.1. The van der Waals surface area contributed by atoms with Gasteiger partial charge < -0.3 is 10.2 Å². The zero-order valence-electron chi connectivity index (χ0n) is 23.1. The molecule has 1 atom stereocenters. The molecule has 0 aliphatic heterocycles. The molecule has 0 aromatic heterocycles. The summed E-state index contributed by atoms with van der Waals surface area (Å²) in [4.78, 5) is 29.0. The Morgan fingerprint density at radius 3 is 2.22 bits per heavy atom. The molecule has 0 spiro atoms. The predicted molar refractivity (Wildman–Crippen MR) is 161 cm³/mol. The van der Waals surface area contributed by atoms with Crippen molar-refractivity contribution in [3.63, 3.8) is 0 Å². The molecule has 0 saturated carbocycles. The predicted octanol–water partition coefficient (Wildman–Crippen LogP) is 4.91. The molecule has 0 saturated heterocycles. The van der Waals surface area contributed by atoms with Gasteiger partial charge in [-0.3, -0.25) is 9.59 Å². The summed E-state index contributed by atoms with van der Waals surface area (Å²) in [5.41, 5.74) is 1.42. The number of nitrogens with zero attached hydrogens (tertiary/aromatic N) is 3. The number of rotatable bonds is 13. The van der Waals surface area contributed by atoms with E-state index in [9.17, 15) is 22.4 Å². The van der Waals surface area contributed by atoms with Crippen LogP contribution in [0.5, 0.6) is 0 Å². The highest BCUT2D eigenvalue weighted by molar-refractivity contribution is 7.90. The highest BCUT2D eigenvalue weighted by atomic mass is 35.5. The van der Waals surface area contributed by atoms with E-state index in [0.717, 1.165) is 26.3 Å². The molecular formula is C29H33Cl2FN4O4S. The van der Waals surface area contributed by atoms with E-state index < -0.39 is 40.4 Å². The lowest BCUT2D eigenvalue weighted by Crippen LogP contribution is -2.54. The van der Waals surface area contributed by atoms with Gasteiger partial charge in [0.1, 0.15) is 18.4 Å². The molecule has 3 rings (SSSR count). The molecule has 3 aromatic carbocycles. The minimum absolute atomic E-state index is 0.0907. The third kappa shape index (κ3) is 8.65. The molecule has 0 heterocycles. The van der Waals surface area contributed by atoms with Crippen LogP contribution in [0.15, 0.2) is 72.8 Å². The lowest BCUT2D eigenvalue weighted by molar-refractivity contribution is -0.140. The Hall–Kier alpha value is -3.18. The summed E-state index contributed by atoms with van der Waals surface area (Å²) >= 11 is 12.6. The first-order valence-electron chi connectivity index (χ1n) is 12.9. The summed E-state index contributed by atoms with van der Waals surface area (Å²) in [6.07, 6.45) is 0.852. The van der Waals surface area contributed by atoms with Gasteiger partial charge in [-0.1, -0.05) is 66.5 Å².